The van der Waals surface area contributed by atoms with E-state index in [1.165, 1.54) is 13.0 Å². The Morgan fingerprint density at radius 3 is 2.71 bits per heavy atom. The van der Waals surface area contributed by atoms with Crippen LogP contribution in [0.5, 0.6) is 5.75 Å². The fourth-order valence-corrected chi connectivity index (χ4v) is 0.924. The summed E-state index contributed by atoms with van der Waals surface area (Å²) in [4.78, 5) is 20.9. The van der Waals surface area contributed by atoms with E-state index >= 15 is 0 Å². The Kier molecular flexibility index (Phi) is 3.23. The van der Waals surface area contributed by atoms with Gasteiger partial charge in [-0.1, -0.05) is 12.1 Å². The first-order chi connectivity index (χ1) is 6.65. The summed E-state index contributed by atoms with van der Waals surface area (Å²) in [6.45, 7) is 1.34. The highest BCUT2D eigenvalue weighted by molar-refractivity contribution is 5.79. The van der Waals surface area contributed by atoms with E-state index in [9.17, 15) is 14.7 Å². The first-order valence-electron chi connectivity index (χ1n) is 4.07. The molecule has 0 radical (unpaired) electrons. The van der Waals surface area contributed by atoms with Crippen LogP contribution in [0.2, 0.25) is 0 Å². The molecule has 0 fully saturated rings. The lowest BCUT2D eigenvalue weighted by Crippen LogP contribution is -2.37. The predicted octanol–water partition coefficient (Wildman–Crippen LogP) is 0.0163. The van der Waals surface area contributed by atoms with E-state index in [1.54, 1.807) is 18.2 Å². The van der Waals surface area contributed by atoms with Gasteiger partial charge in [-0.2, -0.15) is 0 Å². The molecule has 0 heterocycles. The van der Waals surface area contributed by atoms with Gasteiger partial charge in [-0.3, -0.25) is 4.79 Å². The van der Waals surface area contributed by atoms with E-state index in [0.717, 1.165) is 0 Å². The number of rotatable bonds is 4. The van der Waals surface area contributed by atoms with Gasteiger partial charge in [0, 0.05) is 0 Å². The minimum Gasteiger partial charge on any atom is -0.546 e. The molecule has 0 aliphatic heterocycles. The highest BCUT2D eigenvalue weighted by Gasteiger charge is 2.07. The molecule has 0 unspecified atom stereocenters. The molecule has 0 saturated carbocycles. The molecule has 4 nitrogen and oxygen atoms in total. The largest absolute Gasteiger partial charge is 0.546 e. The van der Waals surface area contributed by atoms with Gasteiger partial charge in [0.2, 0.25) is 0 Å². The number of benzene rings is 1. The molecule has 74 valence electrons. The van der Waals surface area contributed by atoms with Crippen LogP contribution in [0.1, 0.15) is 17.3 Å². The Balaban J connectivity index is 2.85. The number of carbonyl (C=O) groups is 2. The zero-order valence-corrected chi connectivity index (χ0v) is 7.60. The van der Waals surface area contributed by atoms with Crippen LogP contribution in [0.4, 0.5) is 0 Å². The van der Waals surface area contributed by atoms with Crippen LogP contribution in [-0.2, 0) is 4.79 Å². The average molecular weight is 193 g/mol. The Morgan fingerprint density at radius 2 is 2.14 bits per heavy atom. The summed E-state index contributed by atoms with van der Waals surface area (Å²) in [6.07, 6.45) is -0.465. The number of para-hydroxylation sites is 1. The zero-order chi connectivity index (χ0) is 10.6. The Labute approximate surface area is 81.1 Å². The number of carboxylic acids is 1. The molecule has 1 rings (SSSR count). The number of aliphatic carboxylic acids is 1. The summed E-state index contributed by atoms with van der Waals surface area (Å²) in [6, 6.07) is 6.40. The number of hydrogen-bond donors (Lipinski definition) is 0. The molecule has 14 heavy (non-hydrogen) atoms. The molecule has 0 amide bonds. The molecule has 1 aromatic carbocycles. The van der Waals surface area contributed by atoms with Crippen LogP contribution < -0.4 is 9.84 Å². The maximum atomic E-state index is 10.5. The average Bonchev–Trinajstić information content (AvgIpc) is 2.18. The Hall–Kier alpha value is -1.84. The van der Waals surface area contributed by atoms with Crippen LogP contribution in [0.15, 0.2) is 24.3 Å². The second-order valence-electron chi connectivity index (χ2n) is 2.73. The third kappa shape index (κ3) is 2.32. The van der Waals surface area contributed by atoms with Crippen LogP contribution in [0.25, 0.3) is 0 Å². The van der Waals surface area contributed by atoms with Crippen molar-refractivity contribution in [2.75, 3.05) is 0 Å². The van der Waals surface area contributed by atoms with Gasteiger partial charge in [-0.25, -0.2) is 0 Å². The molecule has 4 heteroatoms. The summed E-state index contributed by atoms with van der Waals surface area (Å²) in [5.74, 6) is -1.06. The molecule has 1 aromatic rings. The highest BCUT2D eigenvalue weighted by Crippen LogP contribution is 2.16. The third-order valence-electron chi connectivity index (χ3n) is 1.68. The van der Waals surface area contributed by atoms with Crippen molar-refractivity contribution in [3.8, 4) is 5.75 Å². The van der Waals surface area contributed by atoms with Crippen molar-refractivity contribution in [2.24, 2.45) is 0 Å². The van der Waals surface area contributed by atoms with Crippen molar-refractivity contribution in [1.29, 1.82) is 0 Å². The number of hydrogen-bond acceptors (Lipinski definition) is 4. The van der Waals surface area contributed by atoms with Crippen LogP contribution in [0, 0.1) is 0 Å². The molecular formula is C10H9O4-. The van der Waals surface area contributed by atoms with Gasteiger partial charge in [-0.15, -0.1) is 0 Å². The molecule has 0 aliphatic carbocycles. The monoisotopic (exact) mass is 193 g/mol. The summed E-state index contributed by atoms with van der Waals surface area (Å²) in [5, 5.41) is 10.4. The SMILES string of the molecule is C[C@@H](Oc1ccccc1C=O)C(=O)[O-]. The molecule has 0 N–H and O–H groups in total. The van der Waals surface area contributed by atoms with Gasteiger partial charge in [0.15, 0.2) is 6.29 Å². The van der Waals surface area contributed by atoms with Crippen molar-refractivity contribution in [1.82, 2.24) is 0 Å². The number of aldehydes is 1. The van der Waals surface area contributed by atoms with E-state index in [0.29, 0.717) is 11.8 Å². The molecule has 1 atom stereocenters. The van der Waals surface area contributed by atoms with Crippen molar-refractivity contribution < 1.29 is 19.4 Å². The normalized spacial score (nSPS) is 11.8. The van der Waals surface area contributed by atoms with Crippen molar-refractivity contribution in [2.45, 2.75) is 13.0 Å². The van der Waals surface area contributed by atoms with Crippen molar-refractivity contribution >= 4 is 12.3 Å². The summed E-state index contributed by atoms with van der Waals surface area (Å²) < 4.78 is 5.00. The van der Waals surface area contributed by atoms with Crippen LogP contribution >= 0.6 is 0 Å². The topological polar surface area (TPSA) is 66.4 Å². The van der Waals surface area contributed by atoms with Crippen LogP contribution in [0.3, 0.4) is 0 Å². The van der Waals surface area contributed by atoms with Gasteiger partial charge >= 0.3 is 0 Å². The van der Waals surface area contributed by atoms with E-state index in [4.69, 9.17) is 4.74 Å². The minimum absolute atomic E-state index is 0.249. The molecule has 0 aliphatic rings. The zero-order valence-electron chi connectivity index (χ0n) is 7.60. The number of carboxylic acid groups (broad SMARTS) is 1. The van der Waals surface area contributed by atoms with E-state index in [1.807, 2.05) is 0 Å². The van der Waals surface area contributed by atoms with Gasteiger partial charge in [0.05, 0.1) is 11.5 Å². The van der Waals surface area contributed by atoms with Gasteiger partial charge in [0.25, 0.3) is 0 Å². The molecule has 0 bridgehead atoms. The first-order valence-corrected chi connectivity index (χ1v) is 4.07. The standard InChI is InChI=1S/C10H10O4/c1-7(10(12)13)14-9-5-3-2-4-8(9)6-11/h2-7H,1H3,(H,12,13)/p-1/t7-/m1/s1. The van der Waals surface area contributed by atoms with Gasteiger partial charge < -0.3 is 14.6 Å². The van der Waals surface area contributed by atoms with E-state index in [-0.39, 0.29) is 5.75 Å². The first kappa shape index (κ1) is 10.2. The summed E-state index contributed by atoms with van der Waals surface area (Å²) >= 11 is 0. The molecule has 0 spiro atoms. The van der Waals surface area contributed by atoms with Gasteiger partial charge in [-0.05, 0) is 19.1 Å². The second kappa shape index (κ2) is 4.41. The molecular weight excluding hydrogens is 184 g/mol. The predicted molar refractivity (Wildman–Crippen MR) is 46.9 cm³/mol. The second-order valence-corrected chi connectivity index (χ2v) is 2.73. The van der Waals surface area contributed by atoms with Crippen molar-refractivity contribution in [3.05, 3.63) is 29.8 Å². The lowest BCUT2D eigenvalue weighted by Gasteiger charge is -2.16. The maximum absolute atomic E-state index is 10.5. The van der Waals surface area contributed by atoms with Gasteiger partial charge in [0.1, 0.15) is 11.9 Å². The number of carbonyl (C=O) groups excluding carboxylic acids is 2. The van der Waals surface area contributed by atoms with E-state index in [2.05, 4.69) is 0 Å². The molecule has 0 saturated heterocycles. The fraction of sp³-hybridized carbons (Fsp3) is 0.200. The van der Waals surface area contributed by atoms with E-state index < -0.39 is 12.1 Å². The summed E-state index contributed by atoms with van der Waals surface area (Å²) in [5.41, 5.74) is 0.320. The minimum atomic E-state index is -1.31. The smallest absolute Gasteiger partial charge is 0.153 e. The maximum Gasteiger partial charge on any atom is 0.153 e. The summed E-state index contributed by atoms with van der Waals surface area (Å²) in [7, 11) is 0. The lowest BCUT2D eigenvalue weighted by molar-refractivity contribution is -0.312. The van der Waals surface area contributed by atoms with Crippen molar-refractivity contribution in [3.63, 3.8) is 0 Å². The molecule has 0 aromatic heterocycles. The van der Waals surface area contributed by atoms with Crippen LogP contribution in [-0.4, -0.2) is 18.4 Å². The Bertz CT molecular complexity index is 346. The highest BCUT2D eigenvalue weighted by atomic mass is 16.5. The quantitative estimate of drug-likeness (QED) is 0.632. The third-order valence-corrected chi connectivity index (χ3v) is 1.68. The lowest BCUT2D eigenvalue weighted by atomic mass is 10.2. The fourth-order valence-electron chi connectivity index (χ4n) is 0.924. The Morgan fingerprint density at radius 1 is 1.50 bits per heavy atom. The number of ether oxygens (including phenoxy) is 1.